The van der Waals surface area contributed by atoms with Crippen LogP contribution in [0.3, 0.4) is 0 Å². The number of hydrogen-bond donors (Lipinski definition) is 1. The predicted molar refractivity (Wildman–Crippen MR) is 123 cm³/mol. The summed E-state index contributed by atoms with van der Waals surface area (Å²) in [5.74, 6) is 1.02. The molecular weight excluding hydrogens is 406 g/mol. The molecule has 32 heavy (non-hydrogen) atoms. The van der Waals surface area contributed by atoms with E-state index in [2.05, 4.69) is 35.6 Å². The first kappa shape index (κ1) is 22.3. The number of nitrogen functional groups attached to an aromatic ring is 1. The molecule has 2 aliphatic rings. The molecule has 2 aliphatic heterocycles. The number of hydrogen-bond acceptors (Lipinski definition) is 7. The Bertz CT molecular complexity index is 924. The van der Waals surface area contributed by atoms with Crippen molar-refractivity contribution >= 4 is 17.6 Å². The van der Waals surface area contributed by atoms with Gasteiger partial charge in [-0.3, -0.25) is 9.69 Å². The molecule has 2 saturated heterocycles. The van der Waals surface area contributed by atoms with E-state index in [-0.39, 0.29) is 5.92 Å². The topological polar surface area (TPSA) is 102 Å². The molecule has 0 aliphatic carbocycles. The molecule has 0 saturated carbocycles. The van der Waals surface area contributed by atoms with E-state index in [1.165, 1.54) is 0 Å². The van der Waals surface area contributed by atoms with Crippen LogP contribution in [0.2, 0.25) is 0 Å². The number of aryl methyl sites for hydroxylation is 1. The lowest BCUT2D eigenvalue weighted by Crippen LogP contribution is -2.46. The van der Waals surface area contributed by atoms with Gasteiger partial charge in [0.1, 0.15) is 12.8 Å². The Hall–Kier alpha value is -2.94. The van der Waals surface area contributed by atoms with Gasteiger partial charge in [-0.05, 0) is 50.9 Å². The number of amides is 1. The molecule has 4 heterocycles. The van der Waals surface area contributed by atoms with E-state index in [0.717, 1.165) is 75.4 Å². The highest BCUT2D eigenvalue weighted by Crippen LogP contribution is 2.27. The molecule has 4 rings (SSSR count). The van der Waals surface area contributed by atoms with Crippen molar-refractivity contribution in [3.8, 4) is 0 Å². The summed E-state index contributed by atoms with van der Waals surface area (Å²) in [6.07, 6.45) is 9.19. The van der Waals surface area contributed by atoms with Crippen LogP contribution in [0.25, 0.3) is 0 Å². The van der Waals surface area contributed by atoms with Gasteiger partial charge in [0.05, 0.1) is 5.69 Å². The van der Waals surface area contributed by atoms with Gasteiger partial charge in [0.15, 0.2) is 0 Å². The van der Waals surface area contributed by atoms with Gasteiger partial charge < -0.3 is 20.0 Å². The normalized spacial score (nSPS) is 19.3. The van der Waals surface area contributed by atoms with Crippen molar-refractivity contribution in [1.82, 2.24) is 24.3 Å². The summed E-state index contributed by atoms with van der Waals surface area (Å²) < 4.78 is 2.07. The summed E-state index contributed by atoms with van der Waals surface area (Å²) in [6.45, 7) is 4.18. The molecule has 172 valence electrons. The maximum Gasteiger partial charge on any atom is 0.225 e. The molecule has 0 radical (unpaired) electrons. The fourth-order valence-corrected chi connectivity index (χ4v) is 4.83. The summed E-state index contributed by atoms with van der Waals surface area (Å²) in [5.41, 5.74) is 8.67. The van der Waals surface area contributed by atoms with Gasteiger partial charge in [-0.1, -0.05) is 5.16 Å². The highest BCUT2D eigenvalue weighted by molar-refractivity contribution is 6.00. The second-order valence-corrected chi connectivity index (χ2v) is 8.76. The van der Waals surface area contributed by atoms with Crippen LogP contribution in [0, 0.1) is 11.8 Å². The first-order valence-corrected chi connectivity index (χ1v) is 11.4. The van der Waals surface area contributed by atoms with Crippen LogP contribution in [0.4, 0.5) is 5.95 Å². The zero-order chi connectivity index (χ0) is 22.5. The van der Waals surface area contributed by atoms with Crippen LogP contribution in [-0.2, 0) is 23.2 Å². The monoisotopic (exact) mass is 439 g/mol. The molecule has 9 heteroatoms. The van der Waals surface area contributed by atoms with E-state index in [1.54, 1.807) is 19.5 Å². The standard InChI is InChI=1S/C23H33N7O2/c1-28-9-3-4-20(28)21(27-32-2)18-7-12-30(13-8-18)22(31)19-5-10-29(11-6-19)16-17-14-25-23(24)26-15-17/h3-4,9,14-15,18-19H,5-8,10-13,16H2,1-2H3,(H2,24,25,26)/b27-21+. The van der Waals surface area contributed by atoms with Gasteiger partial charge in [-0.2, -0.15) is 0 Å². The number of piperidine rings is 2. The smallest absolute Gasteiger partial charge is 0.225 e. The van der Waals surface area contributed by atoms with E-state index in [4.69, 9.17) is 10.6 Å². The molecule has 0 bridgehead atoms. The van der Waals surface area contributed by atoms with Crippen LogP contribution < -0.4 is 5.73 Å². The number of oxime groups is 1. The third-order valence-electron chi connectivity index (χ3n) is 6.66. The Morgan fingerprint density at radius 2 is 1.78 bits per heavy atom. The van der Waals surface area contributed by atoms with Crippen LogP contribution in [0.5, 0.6) is 0 Å². The third-order valence-corrected chi connectivity index (χ3v) is 6.66. The minimum atomic E-state index is 0.116. The van der Waals surface area contributed by atoms with Gasteiger partial charge in [0.2, 0.25) is 11.9 Å². The van der Waals surface area contributed by atoms with Crippen molar-refractivity contribution in [3.05, 3.63) is 42.0 Å². The summed E-state index contributed by atoms with van der Waals surface area (Å²) in [6, 6.07) is 4.09. The van der Waals surface area contributed by atoms with Crippen molar-refractivity contribution < 1.29 is 9.63 Å². The van der Waals surface area contributed by atoms with Gasteiger partial charge >= 0.3 is 0 Å². The molecule has 2 N–H and O–H groups in total. The number of nitrogens with zero attached hydrogens (tertiary/aromatic N) is 6. The molecule has 9 nitrogen and oxygen atoms in total. The second kappa shape index (κ2) is 10.1. The van der Waals surface area contributed by atoms with Crippen LogP contribution in [0.15, 0.2) is 35.9 Å². The lowest BCUT2D eigenvalue weighted by atomic mass is 9.88. The number of nitrogens with two attached hydrogens (primary N) is 1. The van der Waals surface area contributed by atoms with E-state index >= 15 is 0 Å². The average molecular weight is 440 g/mol. The largest absolute Gasteiger partial charge is 0.399 e. The van der Waals surface area contributed by atoms with Gasteiger partial charge in [-0.25, -0.2) is 9.97 Å². The number of carbonyl (C=O) groups excluding carboxylic acids is 1. The summed E-state index contributed by atoms with van der Waals surface area (Å²) in [4.78, 5) is 30.8. The first-order chi connectivity index (χ1) is 15.5. The molecule has 0 atom stereocenters. The zero-order valence-electron chi connectivity index (χ0n) is 19.0. The maximum absolute atomic E-state index is 13.2. The Morgan fingerprint density at radius 1 is 1.12 bits per heavy atom. The number of carbonyl (C=O) groups is 1. The minimum Gasteiger partial charge on any atom is -0.399 e. The Kier molecular flexibility index (Phi) is 7.04. The Balaban J connectivity index is 1.27. The minimum absolute atomic E-state index is 0.116. The molecule has 0 unspecified atom stereocenters. The number of likely N-dealkylation sites (tertiary alicyclic amines) is 2. The van der Waals surface area contributed by atoms with Crippen LogP contribution >= 0.6 is 0 Å². The first-order valence-electron chi connectivity index (χ1n) is 11.4. The molecule has 1 amide bonds. The van der Waals surface area contributed by atoms with Crippen molar-refractivity contribution in [1.29, 1.82) is 0 Å². The van der Waals surface area contributed by atoms with Gasteiger partial charge in [-0.15, -0.1) is 0 Å². The molecule has 0 aromatic carbocycles. The molecule has 2 aromatic rings. The fourth-order valence-electron chi connectivity index (χ4n) is 4.83. The maximum atomic E-state index is 13.2. The average Bonchev–Trinajstić information content (AvgIpc) is 3.24. The van der Waals surface area contributed by atoms with Gasteiger partial charge in [0.25, 0.3) is 0 Å². The quantitative estimate of drug-likeness (QED) is 0.545. The highest BCUT2D eigenvalue weighted by atomic mass is 16.6. The van der Waals surface area contributed by atoms with E-state index in [1.807, 2.05) is 19.3 Å². The SMILES string of the molecule is CO/N=C(/c1cccn1C)C1CCN(C(=O)C2CCN(Cc3cnc(N)nc3)CC2)CC1. The molecule has 2 aromatic heterocycles. The molecule has 2 fully saturated rings. The predicted octanol–water partition coefficient (Wildman–Crippen LogP) is 1.90. The lowest BCUT2D eigenvalue weighted by molar-refractivity contribution is -0.138. The summed E-state index contributed by atoms with van der Waals surface area (Å²) in [7, 11) is 3.61. The number of aromatic nitrogens is 3. The lowest BCUT2D eigenvalue weighted by Gasteiger charge is -2.37. The van der Waals surface area contributed by atoms with Crippen molar-refractivity contribution in [3.63, 3.8) is 0 Å². The Labute approximate surface area is 189 Å². The Morgan fingerprint density at radius 3 is 2.38 bits per heavy atom. The third kappa shape index (κ3) is 5.09. The van der Waals surface area contributed by atoms with Crippen LogP contribution in [-0.4, -0.2) is 69.2 Å². The second-order valence-electron chi connectivity index (χ2n) is 8.76. The van der Waals surface area contributed by atoms with Crippen molar-refractivity contribution in [2.24, 2.45) is 24.0 Å². The zero-order valence-corrected chi connectivity index (χ0v) is 19.0. The summed E-state index contributed by atoms with van der Waals surface area (Å²) in [5, 5.41) is 4.33. The van der Waals surface area contributed by atoms with E-state index < -0.39 is 0 Å². The number of anilines is 1. The van der Waals surface area contributed by atoms with E-state index in [0.29, 0.717) is 17.8 Å². The van der Waals surface area contributed by atoms with Crippen LogP contribution in [0.1, 0.15) is 36.9 Å². The van der Waals surface area contributed by atoms with Crippen molar-refractivity contribution in [2.45, 2.75) is 32.2 Å². The number of rotatable bonds is 6. The van der Waals surface area contributed by atoms with Crippen molar-refractivity contribution in [2.75, 3.05) is 39.0 Å². The molecule has 0 spiro atoms. The molecular formula is C23H33N7O2. The van der Waals surface area contributed by atoms with Gasteiger partial charge in [0, 0.05) is 62.7 Å². The summed E-state index contributed by atoms with van der Waals surface area (Å²) >= 11 is 0. The van der Waals surface area contributed by atoms with E-state index in [9.17, 15) is 4.79 Å². The highest BCUT2D eigenvalue weighted by Gasteiger charge is 2.33. The fraction of sp³-hybridized carbons (Fsp3) is 0.565.